The molecule has 0 unspecified atom stereocenters. The van der Waals surface area contributed by atoms with Gasteiger partial charge in [0.15, 0.2) is 0 Å². The fourth-order valence-corrected chi connectivity index (χ4v) is 2.99. The minimum absolute atomic E-state index is 0.0289. The first-order valence-corrected chi connectivity index (χ1v) is 9.12. The fourth-order valence-electron chi connectivity index (χ4n) is 2.58. The lowest BCUT2D eigenvalue weighted by molar-refractivity contribution is -0.137. The Kier molecular flexibility index (Phi) is 5.09. The Labute approximate surface area is 159 Å². The summed E-state index contributed by atoms with van der Waals surface area (Å²) < 4.78 is 115. The lowest BCUT2D eigenvalue weighted by atomic mass is 9.95. The van der Waals surface area contributed by atoms with Crippen molar-refractivity contribution in [3.05, 3.63) is 47.7 Å². The van der Waals surface area contributed by atoms with Crippen LogP contribution in [0.25, 0.3) is 0 Å². The van der Waals surface area contributed by atoms with Crippen LogP contribution in [0.3, 0.4) is 0 Å². The van der Waals surface area contributed by atoms with Crippen LogP contribution in [0.2, 0.25) is 0 Å². The molecule has 0 bridgehead atoms. The lowest BCUT2D eigenvalue weighted by Crippen LogP contribution is -2.45. The number of hydrogen-bond donors (Lipinski definition) is 0. The van der Waals surface area contributed by atoms with Crippen molar-refractivity contribution in [3.63, 3.8) is 0 Å². The second kappa shape index (κ2) is 7.00. The van der Waals surface area contributed by atoms with E-state index < -0.39 is 45.0 Å². The van der Waals surface area contributed by atoms with E-state index in [0.717, 1.165) is 24.5 Å². The lowest BCUT2D eigenvalue weighted by Gasteiger charge is -2.41. The van der Waals surface area contributed by atoms with Gasteiger partial charge in [0.2, 0.25) is 5.88 Å². The molecule has 1 saturated heterocycles. The summed E-state index contributed by atoms with van der Waals surface area (Å²) >= 11 is 0. The van der Waals surface area contributed by atoms with Crippen molar-refractivity contribution in [1.82, 2.24) is 9.97 Å². The number of aromatic nitrogens is 2. The molecule has 1 aliphatic heterocycles. The van der Waals surface area contributed by atoms with Gasteiger partial charge in [-0.15, -0.1) is 0 Å². The summed E-state index contributed by atoms with van der Waals surface area (Å²) in [5.74, 6) is -2.39. The average molecular weight is 445 g/mol. The highest BCUT2D eigenvalue weighted by Crippen LogP contribution is 2.37. The van der Waals surface area contributed by atoms with Gasteiger partial charge in [-0.2, -0.15) is 34.8 Å². The van der Waals surface area contributed by atoms with Crippen LogP contribution >= 0.6 is 0 Å². The van der Waals surface area contributed by atoms with Crippen LogP contribution in [-0.2, 0) is 16.3 Å². The van der Waals surface area contributed by atoms with Gasteiger partial charge in [-0.25, -0.2) is 14.4 Å². The van der Waals surface area contributed by atoms with Crippen molar-refractivity contribution in [1.29, 1.82) is 0 Å². The first-order chi connectivity index (χ1) is 13.3. The molecular formula is C15H10F7N3O3S. The van der Waals surface area contributed by atoms with E-state index in [1.165, 1.54) is 4.90 Å². The maximum Gasteiger partial charge on any atom is 0.534 e. The summed E-state index contributed by atoms with van der Waals surface area (Å²) in [5.41, 5.74) is -6.71. The number of halogens is 7. The summed E-state index contributed by atoms with van der Waals surface area (Å²) in [6.45, 7) is 0.145. The van der Waals surface area contributed by atoms with E-state index in [1.54, 1.807) is 0 Å². The van der Waals surface area contributed by atoms with Crippen molar-refractivity contribution in [2.75, 3.05) is 18.0 Å². The van der Waals surface area contributed by atoms with E-state index in [4.69, 9.17) is 0 Å². The highest BCUT2D eigenvalue weighted by Gasteiger charge is 2.49. The normalized spacial score (nSPS) is 15.9. The molecule has 2 heterocycles. The van der Waals surface area contributed by atoms with Gasteiger partial charge in [0, 0.05) is 30.8 Å². The van der Waals surface area contributed by atoms with Crippen LogP contribution in [0.4, 0.5) is 36.4 Å². The van der Waals surface area contributed by atoms with Gasteiger partial charge in [0.25, 0.3) is 0 Å². The Morgan fingerprint density at radius 2 is 1.66 bits per heavy atom. The maximum atomic E-state index is 13.5. The third-order valence-electron chi connectivity index (χ3n) is 4.02. The van der Waals surface area contributed by atoms with E-state index in [-0.39, 0.29) is 24.5 Å². The van der Waals surface area contributed by atoms with E-state index in [0.29, 0.717) is 6.07 Å². The Morgan fingerprint density at radius 3 is 2.24 bits per heavy atom. The monoisotopic (exact) mass is 445 g/mol. The van der Waals surface area contributed by atoms with E-state index >= 15 is 0 Å². The number of hydrogen-bond acceptors (Lipinski definition) is 6. The predicted octanol–water partition coefficient (Wildman–Crippen LogP) is 3.47. The summed E-state index contributed by atoms with van der Waals surface area (Å²) in [7, 11) is -5.91. The topological polar surface area (TPSA) is 72.4 Å². The Balaban J connectivity index is 1.73. The third-order valence-corrected chi connectivity index (χ3v) is 4.97. The second-order valence-corrected chi connectivity index (χ2v) is 7.60. The van der Waals surface area contributed by atoms with Gasteiger partial charge in [0.05, 0.1) is 11.3 Å². The van der Waals surface area contributed by atoms with Gasteiger partial charge in [-0.05, 0) is 18.2 Å². The molecule has 0 radical (unpaired) electrons. The molecule has 2 aromatic rings. The first-order valence-electron chi connectivity index (χ1n) is 7.72. The quantitative estimate of drug-likeness (QED) is 0.408. The zero-order valence-electron chi connectivity index (χ0n) is 14.0. The predicted molar refractivity (Wildman–Crippen MR) is 84.0 cm³/mol. The molecular weight excluding hydrogens is 435 g/mol. The Morgan fingerprint density at radius 1 is 1.00 bits per heavy atom. The molecule has 0 amide bonds. The second-order valence-electron chi connectivity index (χ2n) is 6.06. The SMILES string of the molecule is O=S(=O)(Oc1cc(C2CN(c3cc(F)cc(C(F)(F)F)c3)C2)ncn1)C(F)(F)F. The average Bonchev–Trinajstić information content (AvgIpc) is 2.51. The molecule has 0 atom stereocenters. The number of benzene rings is 1. The first kappa shape index (κ1) is 21.1. The minimum Gasteiger partial charge on any atom is -0.370 e. The molecule has 3 rings (SSSR count). The van der Waals surface area contributed by atoms with Crippen molar-refractivity contribution >= 4 is 15.8 Å². The molecule has 1 aliphatic rings. The van der Waals surface area contributed by atoms with E-state index in [1.807, 2.05) is 0 Å². The largest absolute Gasteiger partial charge is 0.534 e. The Hall–Kier alpha value is -2.64. The van der Waals surface area contributed by atoms with E-state index in [9.17, 15) is 39.2 Å². The van der Waals surface area contributed by atoms with Crippen molar-refractivity contribution in [2.24, 2.45) is 0 Å². The molecule has 0 saturated carbocycles. The molecule has 6 nitrogen and oxygen atoms in total. The van der Waals surface area contributed by atoms with Crippen LogP contribution in [0.5, 0.6) is 5.88 Å². The summed E-state index contributed by atoms with van der Waals surface area (Å²) in [4.78, 5) is 8.51. The molecule has 158 valence electrons. The van der Waals surface area contributed by atoms with E-state index in [2.05, 4.69) is 14.2 Å². The third kappa shape index (κ3) is 4.52. The van der Waals surface area contributed by atoms with Crippen LogP contribution < -0.4 is 9.08 Å². The fraction of sp³-hybridized carbons (Fsp3) is 0.333. The van der Waals surface area contributed by atoms with Crippen LogP contribution in [0, 0.1) is 5.82 Å². The van der Waals surface area contributed by atoms with Crippen LogP contribution in [-0.4, -0.2) is 37.0 Å². The van der Waals surface area contributed by atoms with Gasteiger partial charge in [-0.3, -0.25) is 0 Å². The molecule has 1 aromatic heterocycles. The number of rotatable bonds is 4. The smallest absolute Gasteiger partial charge is 0.370 e. The summed E-state index contributed by atoms with van der Waals surface area (Å²) in [6, 6.07) is 2.92. The molecule has 29 heavy (non-hydrogen) atoms. The standard InChI is InChI=1S/C15H10F7N3O3S/c16-10-1-9(14(17,18)19)2-11(3-10)25-5-8(6-25)12-4-13(24-7-23-12)28-29(26,27)15(20,21)22/h1-4,7-8H,5-6H2. The molecule has 1 aromatic carbocycles. The zero-order chi connectivity index (χ0) is 21.6. The van der Waals surface area contributed by atoms with Crippen LogP contribution in [0.15, 0.2) is 30.6 Å². The number of alkyl halides is 6. The van der Waals surface area contributed by atoms with Gasteiger partial charge in [0.1, 0.15) is 12.1 Å². The number of nitrogens with zero attached hydrogens (tertiary/aromatic N) is 3. The molecule has 0 aliphatic carbocycles. The van der Waals surface area contributed by atoms with Crippen molar-refractivity contribution < 1.29 is 43.3 Å². The summed E-state index contributed by atoms with van der Waals surface area (Å²) in [5, 5.41) is 0. The van der Waals surface area contributed by atoms with Crippen molar-refractivity contribution in [3.8, 4) is 5.88 Å². The highest BCUT2D eigenvalue weighted by atomic mass is 32.2. The molecule has 0 spiro atoms. The zero-order valence-corrected chi connectivity index (χ0v) is 14.8. The Bertz CT molecular complexity index is 1020. The van der Waals surface area contributed by atoms with Gasteiger partial charge >= 0.3 is 21.8 Å². The molecule has 0 N–H and O–H groups in total. The highest BCUT2D eigenvalue weighted by molar-refractivity contribution is 7.87. The number of anilines is 1. The van der Waals surface area contributed by atoms with Crippen LogP contribution in [0.1, 0.15) is 17.2 Å². The molecule has 1 fully saturated rings. The minimum atomic E-state index is -5.91. The maximum absolute atomic E-state index is 13.5. The van der Waals surface area contributed by atoms with Gasteiger partial charge in [-0.1, -0.05) is 0 Å². The summed E-state index contributed by atoms with van der Waals surface area (Å²) in [6.07, 6.45) is -3.94. The van der Waals surface area contributed by atoms with Crippen molar-refractivity contribution in [2.45, 2.75) is 17.6 Å². The van der Waals surface area contributed by atoms with Gasteiger partial charge < -0.3 is 9.08 Å². The molecule has 14 heteroatoms.